The molecule has 1 nitrogen and oxygen atoms in total. The summed E-state index contributed by atoms with van der Waals surface area (Å²) in [7, 11) is 0. The molecule has 31 heavy (non-hydrogen) atoms. The topological polar surface area (TPSA) is 20.2 Å². The molecule has 0 amide bonds. The molecule has 0 heterocycles. The molecule has 176 valence electrons. The van der Waals surface area contributed by atoms with E-state index in [1.165, 1.54) is 51.4 Å². The van der Waals surface area contributed by atoms with Crippen LogP contribution >= 0.6 is 0 Å². The summed E-state index contributed by atoms with van der Waals surface area (Å²) >= 11 is 0. The van der Waals surface area contributed by atoms with Gasteiger partial charge in [0.05, 0.1) is 6.10 Å². The quantitative estimate of drug-likeness (QED) is 0.389. The zero-order valence-electron chi connectivity index (χ0n) is 21.9. The molecule has 0 aromatic rings. The molecule has 0 spiro atoms. The number of aliphatic hydroxyl groups is 1. The first-order chi connectivity index (χ1) is 14.3. The van der Waals surface area contributed by atoms with Crippen molar-refractivity contribution >= 4 is 0 Å². The zero-order chi connectivity index (χ0) is 22.6. The fraction of sp³-hybridized carbons (Fsp3) is 0.933. The average Bonchev–Trinajstić information content (AvgIpc) is 2.66. The summed E-state index contributed by atoms with van der Waals surface area (Å²) in [4.78, 5) is 0. The van der Waals surface area contributed by atoms with E-state index in [0.29, 0.717) is 27.6 Å². The van der Waals surface area contributed by atoms with Crippen molar-refractivity contribution in [3.63, 3.8) is 0 Å². The van der Waals surface area contributed by atoms with Crippen LogP contribution in [0.1, 0.15) is 113 Å². The van der Waals surface area contributed by atoms with Gasteiger partial charge in [0.25, 0.3) is 0 Å². The lowest BCUT2D eigenvalue weighted by Gasteiger charge is -2.69. The summed E-state index contributed by atoms with van der Waals surface area (Å²) in [5.41, 5.74) is 3.60. The van der Waals surface area contributed by atoms with Crippen LogP contribution < -0.4 is 0 Å². The Bertz CT molecular complexity index is 775. The first-order valence-corrected chi connectivity index (χ1v) is 13.7. The Hall–Kier alpha value is -0.300. The van der Waals surface area contributed by atoms with E-state index in [1.54, 1.807) is 0 Å². The third kappa shape index (κ3) is 2.90. The van der Waals surface area contributed by atoms with Crippen LogP contribution in [0.25, 0.3) is 0 Å². The highest BCUT2D eigenvalue weighted by molar-refractivity contribution is 5.34. The number of aliphatic hydroxyl groups excluding tert-OH is 1. The lowest BCUT2D eigenvalue weighted by Crippen LogP contribution is -2.62. The van der Waals surface area contributed by atoms with Gasteiger partial charge in [-0.2, -0.15) is 0 Å². The minimum atomic E-state index is -0.122. The van der Waals surface area contributed by atoms with Gasteiger partial charge in [-0.1, -0.05) is 67.0 Å². The predicted molar refractivity (Wildman–Crippen MR) is 131 cm³/mol. The largest absolute Gasteiger partial charge is 0.393 e. The monoisotopic (exact) mass is 426 g/mol. The molecule has 1 heteroatoms. The Morgan fingerprint density at radius 1 is 0.774 bits per heavy atom. The molecular formula is C30H50O. The van der Waals surface area contributed by atoms with Crippen molar-refractivity contribution in [1.29, 1.82) is 0 Å². The molecule has 9 unspecified atom stereocenters. The van der Waals surface area contributed by atoms with Gasteiger partial charge in [0, 0.05) is 0 Å². The lowest BCUT2D eigenvalue weighted by atomic mass is 9.35. The fourth-order valence-corrected chi connectivity index (χ4v) is 10.8. The molecule has 0 radical (unpaired) electrons. The van der Waals surface area contributed by atoms with E-state index < -0.39 is 0 Å². The molecule has 4 fully saturated rings. The Labute approximate surface area is 192 Å². The Balaban J connectivity index is 1.56. The van der Waals surface area contributed by atoms with Crippen LogP contribution in [0.3, 0.4) is 0 Å². The minimum absolute atomic E-state index is 0.0573. The normalized spacial score (nSPS) is 55.2. The highest BCUT2D eigenvalue weighted by Gasteiger charge is 2.66. The number of hydrogen-bond donors (Lipinski definition) is 1. The van der Waals surface area contributed by atoms with Crippen LogP contribution in [-0.2, 0) is 0 Å². The molecule has 0 saturated heterocycles. The van der Waals surface area contributed by atoms with Gasteiger partial charge in [0.15, 0.2) is 0 Å². The molecule has 0 aromatic heterocycles. The summed E-state index contributed by atoms with van der Waals surface area (Å²) < 4.78 is 0. The summed E-state index contributed by atoms with van der Waals surface area (Å²) in [5.74, 6) is 3.96. The molecular weight excluding hydrogens is 376 g/mol. The molecule has 0 aromatic carbocycles. The molecule has 5 aliphatic rings. The van der Waals surface area contributed by atoms with Crippen LogP contribution in [0.5, 0.6) is 0 Å². The van der Waals surface area contributed by atoms with Crippen LogP contribution in [0.2, 0.25) is 0 Å². The first-order valence-electron chi connectivity index (χ1n) is 13.7. The fourth-order valence-electron chi connectivity index (χ4n) is 10.8. The van der Waals surface area contributed by atoms with E-state index in [0.717, 1.165) is 30.1 Å². The van der Waals surface area contributed by atoms with Crippen molar-refractivity contribution < 1.29 is 5.11 Å². The van der Waals surface area contributed by atoms with Gasteiger partial charge in [0.1, 0.15) is 0 Å². The Kier molecular flexibility index (Phi) is 4.82. The molecule has 5 aliphatic carbocycles. The molecule has 0 bridgehead atoms. The van der Waals surface area contributed by atoms with E-state index in [4.69, 9.17) is 0 Å². The van der Waals surface area contributed by atoms with Gasteiger partial charge in [0.2, 0.25) is 0 Å². The van der Waals surface area contributed by atoms with Gasteiger partial charge in [-0.15, -0.1) is 0 Å². The summed E-state index contributed by atoms with van der Waals surface area (Å²) in [5, 5.41) is 10.9. The zero-order valence-corrected chi connectivity index (χ0v) is 21.9. The number of hydrogen-bond acceptors (Lipinski definition) is 1. The van der Waals surface area contributed by atoms with Gasteiger partial charge < -0.3 is 5.11 Å². The van der Waals surface area contributed by atoms with Gasteiger partial charge in [-0.05, 0) is 114 Å². The van der Waals surface area contributed by atoms with Crippen LogP contribution in [0.4, 0.5) is 0 Å². The van der Waals surface area contributed by atoms with Gasteiger partial charge in [-0.25, -0.2) is 0 Å². The summed E-state index contributed by atoms with van der Waals surface area (Å²) in [6.07, 6.45) is 14.6. The van der Waals surface area contributed by atoms with Crippen LogP contribution in [0.15, 0.2) is 11.6 Å². The lowest BCUT2D eigenvalue weighted by molar-refractivity contribution is -0.181. The SMILES string of the molecule is CC1C=C2C(C)(CCC3C2(C)CCC2C(C)(C)C(O)CCC32C)C2CC(C)(C)CCC12. The first kappa shape index (κ1) is 22.5. The number of allylic oxidation sites excluding steroid dienone is 2. The molecule has 0 aliphatic heterocycles. The van der Waals surface area contributed by atoms with Crippen molar-refractivity contribution in [3.8, 4) is 0 Å². The van der Waals surface area contributed by atoms with E-state index in [2.05, 4.69) is 61.5 Å². The second kappa shape index (κ2) is 6.64. The van der Waals surface area contributed by atoms with Crippen LogP contribution in [0, 0.1) is 56.7 Å². The Morgan fingerprint density at radius 2 is 1.42 bits per heavy atom. The van der Waals surface area contributed by atoms with E-state index in [1.807, 2.05) is 5.57 Å². The average molecular weight is 427 g/mol. The predicted octanol–water partition coefficient (Wildman–Crippen LogP) is 8.02. The maximum absolute atomic E-state index is 10.9. The third-order valence-corrected chi connectivity index (χ3v) is 12.6. The molecule has 9 atom stereocenters. The molecule has 4 saturated carbocycles. The summed E-state index contributed by atoms with van der Waals surface area (Å²) in [6, 6.07) is 0. The van der Waals surface area contributed by atoms with Gasteiger partial charge >= 0.3 is 0 Å². The molecule has 5 rings (SSSR count). The van der Waals surface area contributed by atoms with Crippen molar-refractivity contribution in [2.24, 2.45) is 56.7 Å². The minimum Gasteiger partial charge on any atom is -0.393 e. The van der Waals surface area contributed by atoms with Crippen molar-refractivity contribution in [2.75, 3.05) is 0 Å². The van der Waals surface area contributed by atoms with E-state index in [-0.39, 0.29) is 11.5 Å². The number of fused-ring (bicyclic) bond motifs is 7. The molecule has 1 N–H and O–H groups in total. The maximum Gasteiger partial charge on any atom is 0.0594 e. The van der Waals surface area contributed by atoms with Crippen molar-refractivity contribution in [1.82, 2.24) is 0 Å². The van der Waals surface area contributed by atoms with Gasteiger partial charge in [-0.3, -0.25) is 0 Å². The van der Waals surface area contributed by atoms with Crippen LogP contribution in [-0.4, -0.2) is 11.2 Å². The highest BCUT2D eigenvalue weighted by atomic mass is 16.3. The third-order valence-electron chi connectivity index (χ3n) is 12.6. The van der Waals surface area contributed by atoms with E-state index in [9.17, 15) is 5.11 Å². The Morgan fingerprint density at radius 3 is 2.13 bits per heavy atom. The second-order valence-electron chi connectivity index (χ2n) is 15.0. The van der Waals surface area contributed by atoms with E-state index >= 15 is 0 Å². The summed E-state index contributed by atoms with van der Waals surface area (Å²) in [6.45, 7) is 20.3. The maximum atomic E-state index is 10.9. The standard InChI is InChI=1S/C30H50O/c1-19-17-24-28(6,21-18-26(2,3)13-9-20(19)21)14-11-23-29(7)16-12-25(31)27(4,5)22(29)10-15-30(23,24)8/h17,19-23,25,31H,9-16,18H2,1-8H3. The number of rotatable bonds is 0. The second-order valence-corrected chi connectivity index (χ2v) is 15.0. The smallest absolute Gasteiger partial charge is 0.0594 e. The van der Waals surface area contributed by atoms with Crippen molar-refractivity contribution in [3.05, 3.63) is 11.6 Å². The highest BCUT2D eigenvalue weighted by Crippen LogP contribution is 2.73. The van der Waals surface area contributed by atoms with Crippen molar-refractivity contribution in [2.45, 2.75) is 119 Å².